The molecule has 25 heavy (non-hydrogen) atoms. The smallest absolute Gasteiger partial charge is 0.335 e. The lowest BCUT2D eigenvalue weighted by Gasteiger charge is -2.34. The van der Waals surface area contributed by atoms with Crippen LogP contribution in [0.3, 0.4) is 0 Å². The molecule has 3 aliphatic rings. The van der Waals surface area contributed by atoms with Crippen molar-refractivity contribution in [2.24, 2.45) is 0 Å². The van der Waals surface area contributed by atoms with Gasteiger partial charge in [-0.1, -0.05) is 25.7 Å². The van der Waals surface area contributed by atoms with Gasteiger partial charge in [0.25, 0.3) is 5.91 Å². The molecular weight excluding hydrogens is 316 g/mol. The molecule has 2 saturated carbocycles. The van der Waals surface area contributed by atoms with E-state index in [4.69, 9.17) is 4.74 Å². The summed E-state index contributed by atoms with van der Waals surface area (Å²) < 4.78 is 5.67. The molecular formula is C20H32N2O3. The second-order valence-electron chi connectivity index (χ2n) is 7.97. The van der Waals surface area contributed by atoms with Gasteiger partial charge in [0, 0.05) is 24.7 Å². The van der Waals surface area contributed by atoms with Crippen molar-refractivity contribution in [2.45, 2.75) is 82.8 Å². The van der Waals surface area contributed by atoms with Gasteiger partial charge in [-0.15, -0.1) is 0 Å². The Morgan fingerprint density at radius 3 is 2.48 bits per heavy atom. The third-order valence-corrected chi connectivity index (χ3v) is 6.26. The summed E-state index contributed by atoms with van der Waals surface area (Å²) in [5.74, 6) is -0.423. The molecule has 0 saturated heterocycles. The van der Waals surface area contributed by atoms with E-state index in [2.05, 4.69) is 17.3 Å². The molecule has 2 aliphatic carbocycles. The van der Waals surface area contributed by atoms with Crippen LogP contribution in [0.25, 0.3) is 0 Å². The average Bonchev–Trinajstić information content (AvgIpc) is 2.86. The molecule has 5 heteroatoms. The summed E-state index contributed by atoms with van der Waals surface area (Å²) in [6, 6.07) is 0.646. The van der Waals surface area contributed by atoms with E-state index < -0.39 is 5.60 Å². The number of hydrogen-bond donors (Lipinski definition) is 1. The molecule has 140 valence electrons. The lowest BCUT2D eigenvalue weighted by molar-refractivity contribution is -0.149. The normalized spacial score (nSPS) is 24.0. The summed E-state index contributed by atoms with van der Waals surface area (Å²) in [6.45, 7) is 3.20. The van der Waals surface area contributed by atoms with Gasteiger partial charge in [-0.25, -0.2) is 4.79 Å². The quantitative estimate of drug-likeness (QED) is 0.776. The minimum absolute atomic E-state index is 0.109. The van der Waals surface area contributed by atoms with Crippen molar-refractivity contribution < 1.29 is 14.3 Å². The Morgan fingerprint density at radius 2 is 1.80 bits per heavy atom. The fourth-order valence-electron chi connectivity index (χ4n) is 4.74. The molecule has 1 spiro atoms. The number of ether oxygens (including phenoxy) is 1. The maximum atomic E-state index is 12.8. The largest absolute Gasteiger partial charge is 0.451 e. The predicted molar refractivity (Wildman–Crippen MR) is 97.1 cm³/mol. The zero-order valence-electron chi connectivity index (χ0n) is 15.7. The second kappa shape index (κ2) is 7.90. The number of amides is 1. The summed E-state index contributed by atoms with van der Waals surface area (Å²) in [5, 5.41) is 3.05. The van der Waals surface area contributed by atoms with Gasteiger partial charge in [-0.2, -0.15) is 0 Å². The topological polar surface area (TPSA) is 58.6 Å². The first-order valence-electron chi connectivity index (χ1n) is 9.97. The van der Waals surface area contributed by atoms with Crippen molar-refractivity contribution in [3.63, 3.8) is 0 Å². The van der Waals surface area contributed by atoms with E-state index in [0.717, 1.165) is 38.6 Å². The van der Waals surface area contributed by atoms with Gasteiger partial charge in [-0.3, -0.25) is 4.79 Å². The summed E-state index contributed by atoms with van der Waals surface area (Å²) in [7, 11) is 2.15. The molecule has 0 aromatic rings. The lowest BCUT2D eigenvalue weighted by atomic mass is 9.78. The zero-order valence-corrected chi connectivity index (χ0v) is 15.7. The van der Waals surface area contributed by atoms with E-state index in [1.165, 1.54) is 32.1 Å². The van der Waals surface area contributed by atoms with E-state index in [-0.39, 0.29) is 11.9 Å². The predicted octanol–water partition coefficient (Wildman–Crippen LogP) is 2.94. The van der Waals surface area contributed by atoms with Crippen molar-refractivity contribution in [2.75, 3.05) is 20.1 Å². The monoisotopic (exact) mass is 348 g/mol. The third kappa shape index (κ3) is 3.91. The molecule has 0 atom stereocenters. The van der Waals surface area contributed by atoms with Crippen LogP contribution < -0.4 is 5.32 Å². The highest BCUT2D eigenvalue weighted by atomic mass is 16.6. The van der Waals surface area contributed by atoms with E-state index in [9.17, 15) is 9.59 Å². The van der Waals surface area contributed by atoms with Crippen LogP contribution in [0.4, 0.5) is 0 Å². The highest BCUT2D eigenvalue weighted by Gasteiger charge is 2.49. The number of likely N-dealkylation sites (N-methyl/N-ethyl adjacent to an activating group) is 1. The number of hydrogen-bond acceptors (Lipinski definition) is 4. The Hall–Kier alpha value is -1.36. The Labute approximate surface area is 151 Å². The molecule has 0 aromatic carbocycles. The van der Waals surface area contributed by atoms with Crippen LogP contribution in [-0.4, -0.2) is 48.6 Å². The standard InChI is InChI=1S/C20H32N2O3/c1-15-17(20(25-19(15)24)11-7-4-8-12-20)18(23)21-13-14-22(2)16-9-5-3-6-10-16/h16H,3-14H2,1-2H3,(H,21,23). The molecule has 0 radical (unpaired) electrons. The SMILES string of the molecule is CC1=C(C(=O)NCCN(C)C2CCCCC2)C2(CCCCC2)OC1=O. The van der Waals surface area contributed by atoms with Crippen molar-refractivity contribution in [1.82, 2.24) is 10.2 Å². The molecule has 1 N–H and O–H groups in total. The first-order chi connectivity index (χ1) is 12.0. The van der Waals surface area contributed by atoms with Crippen molar-refractivity contribution in [3.8, 4) is 0 Å². The Morgan fingerprint density at radius 1 is 1.16 bits per heavy atom. The Bertz CT molecular complexity index is 543. The van der Waals surface area contributed by atoms with Crippen molar-refractivity contribution >= 4 is 11.9 Å². The number of rotatable bonds is 5. The van der Waals surface area contributed by atoms with E-state index in [0.29, 0.717) is 23.7 Å². The van der Waals surface area contributed by atoms with Crippen LogP contribution in [0.5, 0.6) is 0 Å². The van der Waals surface area contributed by atoms with Crippen LogP contribution in [0.15, 0.2) is 11.1 Å². The molecule has 5 nitrogen and oxygen atoms in total. The average molecular weight is 348 g/mol. The number of esters is 1. The van der Waals surface area contributed by atoms with Crippen LogP contribution in [0, 0.1) is 0 Å². The maximum Gasteiger partial charge on any atom is 0.335 e. The molecule has 3 rings (SSSR count). The lowest BCUT2D eigenvalue weighted by Crippen LogP contribution is -2.44. The summed E-state index contributed by atoms with van der Waals surface area (Å²) in [4.78, 5) is 27.3. The fourth-order valence-corrected chi connectivity index (χ4v) is 4.74. The van der Waals surface area contributed by atoms with E-state index in [1.54, 1.807) is 6.92 Å². The number of nitrogens with one attached hydrogen (secondary N) is 1. The first-order valence-corrected chi connectivity index (χ1v) is 9.97. The summed E-state index contributed by atoms with van der Waals surface area (Å²) in [6.07, 6.45) is 11.3. The van der Waals surface area contributed by atoms with E-state index in [1.807, 2.05) is 0 Å². The molecule has 2 fully saturated rings. The first kappa shape index (κ1) is 18.4. The number of carbonyl (C=O) groups is 2. The molecule has 1 aliphatic heterocycles. The third-order valence-electron chi connectivity index (χ3n) is 6.26. The molecule has 1 heterocycles. The van der Waals surface area contributed by atoms with Crippen molar-refractivity contribution in [3.05, 3.63) is 11.1 Å². The number of nitrogens with zero attached hydrogens (tertiary/aromatic N) is 1. The minimum atomic E-state index is -0.654. The van der Waals surface area contributed by atoms with Crippen molar-refractivity contribution in [1.29, 1.82) is 0 Å². The number of carbonyl (C=O) groups excluding carboxylic acids is 2. The summed E-state index contributed by atoms with van der Waals surface area (Å²) in [5.41, 5.74) is 0.441. The van der Waals surface area contributed by atoms with Gasteiger partial charge in [-0.05, 0) is 52.5 Å². The van der Waals surface area contributed by atoms with Crippen LogP contribution in [0.1, 0.15) is 71.1 Å². The minimum Gasteiger partial charge on any atom is -0.451 e. The van der Waals surface area contributed by atoms with Gasteiger partial charge in [0.05, 0.1) is 5.57 Å². The zero-order chi connectivity index (χ0) is 17.9. The molecule has 0 unspecified atom stereocenters. The fraction of sp³-hybridized carbons (Fsp3) is 0.800. The van der Waals surface area contributed by atoms with Gasteiger partial charge in [0.1, 0.15) is 5.60 Å². The molecule has 0 aromatic heterocycles. The van der Waals surface area contributed by atoms with E-state index >= 15 is 0 Å². The second-order valence-corrected chi connectivity index (χ2v) is 7.97. The molecule has 1 amide bonds. The van der Waals surface area contributed by atoms with Crippen LogP contribution in [0.2, 0.25) is 0 Å². The Balaban J connectivity index is 1.57. The van der Waals surface area contributed by atoms with Crippen LogP contribution in [-0.2, 0) is 14.3 Å². The molecule has 0 bridgehead atoms. The van der Waals surface area contributed by atoms with Gasteiger partial charge < -0.3 is 15.0 Å². The highest BCUT2D eigenvalue weighted by Crippen LogP contribution is 2.43. The summed E-state index contributed by atoms with van der Waals surface area (Å²) >= 11 is 0. The van der Waals surface area contributed by atoms with Gasteiger partial charge in [0.2, 0.25) is 0 Å². The van der Waals surface area contributed by atoms with Crippen LogP contribution >= 0.6 is 0 Å². The highest BCUT2D eigenvalue weighted by molar-refractivity contribution is 6.07. The maximum absolute atomic E-state index is 12.8. The van der Waals surface area contributed by atoms with Gasteiger partial charge >= 0.3 is 5.97 Å². The van der Waals surface area contributed by atoms with Gasteiger partial charge in [0.15, 0.2) is 0 Å². The Kier molecular flexibility index (Phi) is 5.82.